The summed E-state index contributed by atoms with van der Waals surface area (Å²) in [6.45, 7) is 0.339. The van der Waals surface area contributed by atoms with Gasteiger partial charge >= 0.3 is 0 Å². The highest BCUT2D eigenvalue weighted by atomic mass is 16.3. The summed E-state index contributed by atoms with van der Waals surface area (Å²) in [7, 11) is 1.95. The van der Waals surface area contributed by atoms with Crippen LogP contribution < -0.4 is 5.32 Å². The highest BCUT2D eigenvalue weighted by Crippen LogP contribution is 2.35. The van der Waals surface area contributed by atoms with Crippen LogP contribution in [0.2, 0.25) is 0 Å². The van der Waals surface area contributed by atoms with E-state index in [1.807, 2.05) is 35.9 Å². The van der Waals surface area contributed by atoms with Crippen LogP contribution >= 0.6 is 0 Å². The Morgan fingerprint density at radius 2 is 2.17 bits per heavy atom. The van der Waals surface area contributed by atoms with Crippen molar-refractivity contribution < 1.29 is 9.21 Å². The van der Waals surface area contributed by atoms with E-state index in [1.54, 1.807) is 6.07 Å². The number of amides is 1. The molecule has 6 nitrogen and oxygen atoms in total. The number of carbonyl (C=O) groups is 1. The smallest absolute Gasteiger partial charge is 0.287 e. The molecular formula is C17H18N4O2. The molecule has 0 atom stereocenters. The van der Waals surface area contributed by atoms with E-state index >= 15 is 0 Å². The van der Waals surface area contributed by atoms with Gasteiger partial charge in [-0.2, -0.15) is 0 Å². The minimum atomic E-state index is -0.241. The number of rotatable bonds is 4. The summed E-state index contributed by atoms with van der Waals surface area (Å²) in [5, 5.41) is 12.2. The monoisotopic (exact) mass is 310 g/mol. The van der Waals surface area contributed by atoms with Crippen LogP contribution in [-0.4, -0.2) is 20.7 Å². The molecule has 0 saturated heterocycles. The SMILES string of the molecule is Cn1c(CNC(=O)c2cc3ccccc3o2)nnc1C1CCC1. The van der Waals surface area contributed by atoms with Crippen molar-refractivity contribution in [3.8, 4) is 0 Å². The molecule has 0 aliphatic heterocycles. The zero-order chi connectivity index (χ0) is 15.8. The van der Waals surface area contributed by atoms with Crippen molar-refractivity contribution in [3.05, 3.63) is 47.7 Å². The predicted octanol–water partition coefficient (Wildman–Crippen LogP) is 2.76. The number of furan rings is 1. The second-order valence-corrected chi connectivity index (χ2v) is 5.99. The maximum atomic E-state index is 12.2. The van der Waals surface area contributed by atoms with Gasteiger partial charge in [0.2, 0.25) is 0 Å². The van der Waals surface area contributed by atoms with Gasteiger partial charge in [0.25, 0.3) is 5.91 Å². The normalized spacial score (nSPS) is 14.8. The fourth-order valence-corrected chi connectivity index (χ4v) is 2.89. The molecule has 3 aromatic rings. The third-order valence-corrected chi connectivity index (χ3v) is 4.53. The first kappa shape index (κ1) is 14.0. The molecule has 118 valence electrons. The van der Waals surface area contributed by atoms with Crippen LogP contribution in [0.25, 0.3) is 11.0 Å². The van der Waals surface area contributed by atoms with Crippen LogP contribution in [-0.2, 0) is 13.6 Å². The zero-order valence-corrected chi connectivity index (χ0v) is 13.0. The highest BCUT2D eigenvalue weighted by molar-refractivity contribution is 5.95. The Bertz CT molecular complexity index is 827. The number of para-hydroxylation sites is 1. The molecule has 2 aromatic heterocycles. The molecule has 6 heteroatoms. The second kappa shape index (κ2) is 5.53. The molecule has 1 aromatic carbocycles. The number of nitrogens with zero attached hydrogens (tertiary/aromatic N) is 3. The summed E-state index contributed by atoms with van der Waals surface area (Å²) in [4.78, 5) is 12.2. The Morgan fingerprint density at radius 3 is 2.91 bits per heavy atom. The van der Waals surface area contributed by atoms with Gasteiger partial charge in [-0.3, -0.25) is 4.79 Å². The van der Waals surface area contributed by atoms with Crippen LogP contribution in [0.15, 0.2) is 34.7 Å². The van der Waals surface area contributed by atoms with Crippen molar-refractivity contribution in [2.24, 2.45) is 7.05 Å². The first-order valence-corrected chi connectivity index (χ1v) is 7.87. The topological polar surface area (TPSA) is 73.0 Å². The third-order valence-electron chi connectivity index (χ3n) is 4.53. The fourth-order valence-electron chi connectivity index (χ4n) is 2.89. The van der Waals surface area contributed by atoms with Crippen LogP contribution in [0, 0.1) is 0 Å². The molecule has 1 N–H and O–H groups in total. The van der Waals surface area contributed by atoms with Crippen molar-refractivity contribution in [2.75, 3.05) is 0 Å². The lowest BCUT2D eigenvalue weighted by Gasteiger charge is -2.24. The van der Waals surface area contributed by atoms with E-state index in [0.717, 1.165) is 17.0 Å². The molecule has 1 aliphatic carbocycles. The van der Waals surface area contributed by atoms with E-state index < -0.39 is 0 Å². The Morgan fingerprint density at radius 1 is 1.35 bits per heavy atom. The van der Waals surface area contributed by atoms with Crippen molar-refractivity contribution in [1.29, 1.82) is 0 Å². The van der Waals surface area contributed by atoms with Crippen molar-refractivity contribution >= 4 is 16.9 Å². The van der Waals surface area contributed by atoms with E-state index in [1.165, 1.54) is 19.3 Å². The number of aromatic nitrogens is 3. The second-order valence-electron chi connectivity index (χ2n) is 5.99. The molecule has 2 heterocycles. The van der Waals surface area contributed by atoms with E-state index in [-0.39, 0.29) is 5.91 Å². The molecule has 4 rings (SSSR count). The average molecular weight is 310 g/mol. The van der Waals surface area contributed by atoms with Crippen molar-refractivity contribution in [2.45, 2.75) is 31.7 Å². The molecule has 0 radical (unpaired) electrons. The van der Waals surface area contributed by atoms with Gasteiger partial charge in [0.05, 0.1) is 6.54 Å². The van der Waals surface area contributed by atoms with Crippen molar-refractivity contribution in [1.82, 2.24) is 20.1 Å². The Balaban J connectivity index is 1.46. The maximum Gasteiger partial charge on any atom is 0.287 e. The number of nitrogens with one attached hydrogen (secondary N) is 1. The minimum Gasteiger partial charge on any atom is -0.451 e. The molecular weight excluding hydrogens is 292 g/mol. The van der Waals surface area contributed by atoms with Crippen LogP contribution in [0.3, 0.4) is 0 Å². The minimum absolute atomic E-state index is 0.241. The lowest BCUT2D eigenvalue weighted by atomic mass is 9.85. The van der Waals surface area contributed by atoms with Crippen LogP contribution in [0.4, 0.5) is 0 Å². The van der Waals surface area contributed by atoms with Gasteiger partial charge in [-0.15, -0.1) is 10.2 Å². The van der Waals surface area contributed by atoms with Crippen LogP contribution in [0.5, 0.6) is 0 Å². The molecule has 1 fully saturated rings. The Labute approximate surface area is 133 Å². The third kappa shape index (κ3) is 2.50. The molecule has 0 spiro atoms. The van der Waals surface area contributed by atoms with Gasteiger partial charge in [-0.05, 0) is 25.0 Å². The molecule has 0 bridgehead atoms. The number of hydrogen-bond donors (Lipinski definition) is 1. The lowest BCUT2D eigenvalue weighted by Crippen LogP contribution is -2.24. The summed E-state index contributed by atoms with van der Waals surface area (Å²) in [6.07, 6.45) is 3.62. The van der Waals surface area contributed by atoms with E-state index in [4.69, 9.17) is 4.42 Å². The number of benzene rings is 1. The van der Waals surface area contributed by atoms with Gasteiger partial charge in [0.15, 0.2) is 11.6 Å². The first-order valence-electron chi connectivity index (χ1n) is 7.87. The summed E-state index contributed by atoms with van der Waals surface area (Å²) in [6, 6.07) is 9.32. The maximum absolute atomic E-state index is 12.2. The quantitative estimate of drug-likeness (QED) is 0.804. The fraction of sp³-hybridized carbons (Fsp3) is 0.353. The van der Waals surface area contributed by atoms with Gasteiger partial charge in [0.1, 0.15) is 11.4 Å². The standard InChI is InChI=1S/C17H18N4O2/c1-21-15(19-20-16(21)11-6-4-7-11)10-18-17(22)14-9-12-5-2-3-8-13(12)23-14/h2-3,5,8-9,11H,4,6-7,10H2,1H3,(H,18,22). The molecule has 1 amide bonds. The lowest BCUT2D eigenvalue weighted by molar-refractivity contribution is 0.0924. The molecule has 0 unspecified atom stereocenters. The first-order chi connectivity index (χ1) is 11.2. The molecule has 1 saturated carbocycles. The zero-order valence-electron chi connectivity index (χ0n) is 13.0. The van der Waals surface area contributed by atoms with E-state index in [2.05, 4.69) is 15.5 Å². The van der Waals surface area contributed by atoms with E-state index in [9.17, 15) is 4.79 Å². The highest BCUT2D eigenvalue weighted by Gasteiger charge is 2.25. The van der Waals surface area contributed by atoms with Crippen LogP contribution in [0.1, 0.15) is 47.4 Å². The molecule has 23 heavy (non-hydrogen) atoms. The van der Waals surface area contributed by atoms with Gasteiger partial charge in [-0.1, -0.05) is 24.6 Å². The summed E-state index contributed by atoms with van der Waals surface area (Å²) in [5.41, 5.74) is 0.712. The Kier molecular flexibility index (Phi) is 3.37. The number of fused-ring (bicyclic) bond motifs is 1. The van der Waals surface area contributed by atoms with Gasteiger partial charge in [-0.25, -0.2) is 0 Å². The summed E-state index contributed by atoms with van der Waals surface area (Å²) >= 11 is 0. The summed E-state index contributed by atoms with van der Waals surface area (Å²) in [5.74, 6) is 2.37. The largest absolute Gasteiger partial charge is 0.451 e. The Hall–Kier alpha value is -2.63. The van der Waals surface area contributed by atoms with Gasteiger partial charge < -0.3 is 14.3 Å². The van der Waals surface area contributed by atoms with Gasteiger partial charge in [0, 0.05) is 18.4 Å². The number of carbonyl (C=O) groups excluding carboxylic acids is 1. The summed E-state index contributed by atoms with van der Waals surface area (Å²) < 4.78 is 7.55. The van der Waals surface area contributed by atoms with Crippen molar-refractivity contribution in [3.63, 3.8) is 0 Å². The molecule has 1 aliphatic rings. The van der Waals surface area contributed by atoms with E-state index in [0.29, 0.717) is 23.8 Å². The number of hydrogen-bond acceptors (Lipinski definition) is 4. The average Bonchev–Trinajstić information content (AvgIpc) is 3.08. The predicted molar refractivity (Wildman–Crippen MR) is 85.0 cm³/mol.